The molecule has 0 fully saturated rings. The summed E-state index contributed by atoms with van der Waals surface area (Å²) in [4.78, 5) is 20.8. The number of nitrogens with zero attached hydrogens (tertiary/aromatic N) is 2. The molecule has 1 aliphatic heterocycles. The third kappa shape index (κ3) is 4.30. The summed E-state index contributed by atoms with van der Waals surface area (Å²) >= 11 is 0. The number of rotatable bonds is 4. The van der Waals surface area contributed by atoms with Crippen LogP contribution in [-0.2, 0) is 6.42 Å². The molecule has 0 atom stereocenters. The van der Waals surface area contributed by atoms with Crippen molar-refractivity contribution in [1.82, 2.24) is 15.3 Å². The van der Waals surface area contributed by atoms with E-state index < -0.39 is 0 Å². The highest BCUT2D eigenvalue weighted by molar-refractivity contribution is 5.93. The number of ether oxygens (including phenoxy) is 2. The van der Waals surface area contributed by atoms with E-state index in [1.165, 1.54) is 6.20 Å². The summed E-state index contributed by atoms with van der Waals surface area (Å²) in [6, 6.07) is 13.3. The number of benzene rings is 2. The minimum atomic E-state index is -0.310. The minimum absolute atomic E-state index is 0.202. The lowest BCUT2D eigenvalue weighted by molar-refractivity contribution is 0.0953. The molecule has 1 N–H and O–H groups in total. The SMILES string of the molecule is CC1(C)Cc2cccc(OCC#CCNC(=O)c3cnc4ccccc4n3)c2O1. The molecule has 0 radical (unpaired) electrons. The van der Waals surface area contributed by atoms with Gasteiger partial charge >= 0.3 is 0 Å². The van der Waals surface area contributed by atoms with Crippen LogP contribution in [0.1, 0.15) is 29.9 Å². The highest BCUT2D eigenvalue weighted by Gasteiger charge is 2.32. The van der Waals surface area contributed by atoms with Crippen LogP contribution in [-0.4, -0.2) is 34.6 Å². The molecule has 0 spiro atoms. The first-order valence-corrected chi connectivity index (χ1v) is 9.41. The van der Waals surface area contributed by atoms with Crippen LogP contribution in [0.4, 0.5) is 0 Å². The third-order valence-electron chi connectivity index (χ3n) is 4.50. The maximum Gasteiger partial charge on any atom is 0.272 e. The first kappa shape index (κ1) is 18.8. The van der Waals surface area contributed by atoms with Gasteiger partial charge in [0.15, 0.2) is 11.5 Å². The molecular formula is C23H21N3O3. The molecule has 4 rings (SSSR count). The van der Waals surface area contributed by atoms with Gasteiger partial charge in [-0.2, -0.15) is 0 Å². The van der Waals surface area contributed by atoms with Crippen molar-refractivity contribution in [3.8, 4) is 23.3 Å². The fourth-order valence-corrected chi connectivity index (χ4v) is 3.21. The molecule has 6 nitrogen and oxygen atoms in total. The summed E-state index contributed by atoms with van der Waals surface area (Å²) in [6.07, 6.45) is 2.32. The van der Waals surface area contributed by atoms with E-state index in [1.807, 2.05) is 42.5 Å². The van der Waals surface area contributed by atoms with Crippen LogP contribution in [0.25, 0.3) is 11.0 Å². The Labute approximate surface area is 169 Å². The van der Waals surface area contributed by atoms with Crippen LogP contribution in [0.15, 0.2) is 48.7 Å². The summed E-state index contributed by atoms with van der Waals surface area (Å²) in [5.41, 5.74) is 2.62. The molecule has 29 heavy (non-hydrogen) atoms. The van der Waals surface area contributed by atoms with E-state index in [0.717, 1.165) is 23.3 Å². The molecule has 3 aromatic rings. The number of nitrogens with one attached hydrogen (secondary N) is 1. The Hall–Kier alpha value is -3.59. The molecule has 0 saturated carbocycles. The van der Waals surface area contributed by atoms with Crippen molar-refractivity contribution in [2.45, 2.75) is 25.9 Å². The normalized spacial score (nSPS) is 13.7. The Morgan fingerprint density at radius 1 is 1.17 bits per heavy atom. The minimum Gasteiger partial charge on any atom is -0.483 e. The van der Waals surface area contributed by atoms with Gasteiger partial charge in [-0.3, -0.25) is 9.78 Å². The molecule has 0 unspecified atom stereocenters. The van der Waals surface area contributed by atoms with E-state index in [9.17, 15) is 4.79 Å². The summed E-state index contributed by atoms with van der Waals surface area (Å²) in [5, 5.41) is 2.72. The van der Waals surface area contributed by atoms with Crippen molar-refractivity contribution in [2.24, 2.45) is 0 Å². The molecule has 1 aliphatic rings. The van der Waals surface area contributed by atoms with Gasteiger partial charge in [0, 0.05) is 12.0 Å². The van der Waals surface area contributed by atoms with Crippen LogP contribution in [0.5, 0.6) is 11.5 Å². The topological polar surface area (TPSA) is 73.3 Å². The quantitative estimate of drug-likeness (QED) is 0.696. The summed E-state index contributed by atoms with van der Waals surface area (Å²) in [7, 11) is 0. The summed E-state index contributed by atoms with van der Waals surface area (Å²) in [6.45, 7) is 4.53. The Morgan fingerprint density at radius 2 is 2.00 bits per heavy atom. The van der Waals surface area contributed by atoms with Gasteiger partial charge in [0.25, 0.3) is 5.91 Å². The number of para-hydroxylation sites is 3. The highest BCUT2D eigenvalue weighted by Crippen LogP contribution is 2.41. The monoisotopic (exact) mass is 387 g/mol. The number of fused-ring (bicyclic) bond motifs is 2. The average molecular weight is 387 g/mol. The van der Waals surface area contributed by atoms with Gasteiger partial charge in [-0.1, -0.05) is 36.1 Å². The summed E-state index contributed by atoms with van der Waals surface area (Å²) in [5.74, 6) is 6.96. The lowest BCUT2D eigenvalue weighted by Gasteiger charge is -2.17. The van der Waals surface area contributed by atoms with Crippen LogP contribution in [0, 0.1) is 11.8 Å². The fraction of sp³-hybridized carbons (Fsp3) is 0.261. The van der Waals surface area contributed by atoms with Crippen LogP contribution in [0.2, 0.25) is 0 Å². The molecule has 146 valence electrons. The maximum atomic E-state index is 12.2. The Balaban J connectivity index is 1.29. The molecule has 1 aromatic heterocycles. The van der Waals surface area contributed by atoms with Gasteiger partial charge in [0.1, 0.15) is 17.9 Å². The zero-order valence-corrected chi connectivity index (χ0v) is 16.4. The second-order valence-electron chi connectivity index (χ2n) is 7.35. The lowest BCUT2D eigenvalue weighted by Crippen LogP contribution is -2.25. The second-order valence-corrected chi connectivity index (χ2v) is 7.35. The largest absolute Gasteiger partial charge is 0.483 e. The van der Waals surface area contributed by atoms with Crippen molar-refractivity contribution < 1.29 is 14.3 Å². The smallest absolute Gasteiger partial charge is 0.272 e. The Morgan fingerprint density at radius 3 is 2.86 bits per heavy atom. The molecule has 0 aliphatic carbocycles. The number of carbonyl (C=O) groups is 1. The fourth-order valence-electron chi connectivity index (χ4n) is 3.21. The third-order valence-corrected chi connectivity index (χ3v) is 4.50. The number of hydrogen-bond acceptors (Lipinski definition) is 5. The molecule has 0 saturated heterocycles. The van der Waals surface area contributed by atoms with E-state index >= 15 is 0 Å². The number of hydrogen-bond donors (Lipinski definition) is 1. The molecule has 0 bridgehead atoms. The number of amides is 1. The predicted molar refractivity (Wildman–Crippen MR) is 110 cm³/mol. The molecule has 6 heteroatoms. The standard InChI is InChI=1S/C23H21N3O3/c1-23(2)14-16-8-7-11-20(21(16)29-23)28-13-6-5-12-24-22(27)19-15-25-17-9-3-4-10-18(17)26-19/h3-4,7-11,15H,12-14H2,1-2H3,(H,24,27). The van der Waals surface area contributed by atoms with Crippen molar-refractivity contribution >= 4 is 16.9 Å². The highest BCUT2D eigenvalue weighted by atomic mass is 16.5. The van der Waals surface area contributed by atoms with Gasteiger partial charge in [-0.15, -0.1) is 0 Å². The molecular weight excluding hydrogens is 366 g/mol. The summed E-state index contributed by atoms with van der Waals surface area (Å²) < 4.78 is 11.7. The van der Waals surface area contributed by atoms with E-state index in [4.69, 9.17) is 9.47 Å². The zero-order chi connectivity index (χ0) is 20.3. The van der Waals surface area contributed by atoms with E-state index in [2.05, 4.69) is 41.0 Å². The Bertz CT molecular complexity index is 1130. The average Bonchev–Trinajstić information content (AvgIpc) is 3.04. The van der Waals surface area contributed by atoms with E-state index in [1.54, 1.807) is 0 Å². The zero-order valence-electron chi connectivity index (χ0n) is 16.4. The Kier molecular flexibility index (Phi) is 5.05. The van der Waals surface area contributed by atoms with Crippen molar-refractivity contribution in [2.75, 3.05) is 13.2 Å². The molecule has 2 heterocycles. The van der Waals surface area contributed by atoms with Crippen molar-refractivity contribution in [3.63, 3.8) is 0 Å². The van der Waals surface area contributed by atoms with Crippen LogP contribution < -0.4 is 14.8 Å². The number of carbonyl (C=O) groups excluding carboxylic acids is 1. The van der Waals surface area contributed by atoms with E-state index in [0.29, 0.717) is 11.3 Å². The predicted octanol–water partition coefficient (Wildman–Crippen LogP) is 3.16. The molecule has 1 amide bonds. The van der Waals surface area contributed by atoms with Gasteiger partial charge in [-0.25, -0.2) is 4.98 Å². The van der Waals surface area contributed by atoms with Crippen molar-refractivity contribution in [3.05, 3.63) is 59.9 Å². The van der Waals surface area contributed by atoms with Gasteiger partial charge < -0.3 is 14.8 Å². The van der Waals surface area contributed by atoms with Gasteiger partial charge in [0.2, 0.25) is 0 Å². The number of aromatic nitrogens is 2. The van der Waals surface area contributed by atoms with Crippen LogP contribution >= 0.6 is 0 Å². The first-order valence-electron chi connectivity index (χ1n) is 9.41. The van der Waals surface area contributed by atoms with Gasteiger partial charge in [0.05, 0.1) is 23.8 Å². The van der Waals surface area contributed by atoms with Crippen LogP contribution in [0.3, 0.4) is 0 Å². The lowest BCUT2D eigenvalue weighted by atomic mass is 10.0. The van der Waals surface area contributed by atoms with E-state index in [-0.39, 0.29) is 30.4 Å². The molecule has 2 aromatic carbocycles. The maximum absolute atomic E-state index is 12.2. The van der Waals surface area contributed by atoms with Crippen molar-refractivity contribution in [1.29, 1.82) is 0 Å². The second kappa shape index (κ2) is 7.80. The van der Waals surface area contributed by atoms with Gasteiger partial charge in [-0.05, 0) is 32.0 Å². The first-order chi connectivity index (χ1) is 14.0.